The predicted molar refractivity (Wildman–Crippen MR) is 97.9 cm³/mol. The highest BCUT2D eigenvalue weighted by Gasteiger charge is 2.04. The van der Waals surface area contributed by atoms with Crippen LogP contribution in [0.5, 0.6) is 0 Å². The van der Waals surface area contributed by atoms with Gasteiger partial charge in [-0.3, -0.25) is 0 Å². The van der Waals surface area contributed by atoms with E-state index >= 15 is 0 Å². The number of rotatable bonds is 12. The van der Waals surface area contributed by atoms with E-state index in [1.807, 2.05) is 24.3 Å². The van der Waals surface area contributed by atoms with Crippen molar-refractivity contribution < 1.29 is 9.84 Å². The van der Waals surface area contributed by atoms with Crippen molar-refractivity contribution in [2.45, 2.75) is 51.6 Å². The fourth-order valence-electron chi connectivity index (χ4n) is 2.07. The molecule has 1 aromatic rings. The smallest absolute Gasteiger partial charge is 0.0945 e. The standard InChI is InChI=1S/C17H28INO2/c1-2-3-4-5-6-7-12-21-14-17(20)13-19-16-10-8-15(18)9-11-16/h8-11,17,19-20H,2-7,12-14H2,1H3. The van der Waals surface area contributed by atoms with E-state index in [1.54, 1.807) is 0 Å². The zero-order chi connectivity index (χ0) is 15.3. The van der Waals surface area contributed by atoms with Gasteiger partial charge in [0.05, 0.1) is 12.7 Å². The number of aliphatic hydroxyl groups excluding tert-OH is 1. The van der Waals surface area contributed by atoms with Gasteiger partial charge in [0.25, 0.3) is 0 Å². The third kappa shape index (κ3) is 10.1. The molecule has 1 aromatic carbocycles. The minimum absolute atomic E-state index is 0.409. The second kappa shape index (κ2) is 12.2. The highest BCUT2D eigenvalue weighted by molar-refractivity contribution is 14.1. The molecule has 0 fully saturated rings. The van der Waals surface area contributed by atoms with Crippen molar-refractivity contribution >= 4 is 28.3 Å². The van der Waals surface area contributed by atoms with Gasteiger partial charge < -0.3 is 15.2 Å². The van der Waals surface area contributed by atoms with Crippen LogP contribution in [0.3, 0.4) is 0 Å². The summed E-state index contributed by atoms with van der Waals surface area (Å²) in [4.78, 5) is 0. The molecule has 0 saturated heterocycles. The molecule has 1 unspecified atom stereocenters. The number of anilines is 1. The van der Waals surface area contributed by atoms with E-state index in [-0.39, 0.29) is 0 Å². The summed E-state index contributed by atoms with van der Waals surface area (Å²) in [7, 11) is 0. The maximum Gasteiger partial charge on any atom is 0.0945 e. The van der Waals surface area contributed by atoms with Crippen molar-refractivity contribution in [2.75, 3.05) is 25.1 Å². The van der Waals surface area contributed by atoms with Crippen LogP contribution in [0.15, 0.2) is 24.3 Å². The van der Waals surface area contributed by atoms with Gasteiger partial charge >= 0.3 is 0 Å². The van der Waals surface area contributed by atoms with Crippen LogP contribution in [0.2, 0.25) is 0 Å². The molecule has 3 nitrogen and oxygen atoms in total. The van der Waals surface area contributed by atoms with Crippen molar-refractivity contribution in [1.29, 1.82) is 0 Å². The lowest BCUT2D eigenvalue weighted by atomic mass is 10.1. The van der Waals surface area contributed by atoms with Crippen LogP contribution in [0.4, 0.5) is 5.69 Å². The number of ether oxygens (including phenoxy) is 1. The third-order valence-corrected chi connectivity index (χ3v) is 4.06. The van der Waals surface area contributed by atoms with Crippen molar-refractivity contribution in [3.63, 3.8) is 0 Å². The van der Waals surface area contributed by atoms with E-state index in [0.29, 0.717) is 13.2 Å². The van der Waals surface area contributed by atoms with E-state index in [1.165, 1.54) is 35.7 Å². The first-order chi connectivity index (χ1) is 10.2. The Labute approximate surface area is 142 Å². The van der Waals surface area contributed by atoms with Crippen LogP contribution < -0.4 is 5.32 Å². The maximum absolute atomic E-state index is 9.85. The van der Waals surface area contributed by atoms with Gasteiger partial charge in [-0.05, 0) is 53.3 Å². The van der Waals surface area contributed by atoms with Gasteiger partial charge in [-0.1, -0.05) is 39.0 Å². The van der Waals surface area contributed by atoms with Gasteiger partial charge in [-0.25, -0.2) is 0 Å². The highest BCUT2D eigenvalue weighted by Crippen LogP contribution is 2.11. The molecule has 0 spiro atoms. The number of hydrogen-bond donors (Lipinski definition) is 2. The summed E-state index contributed by atoms with van der Waals surface area (Å²) >= 11 is 2.28. The molecule has 4 heteroatoms. The monoisotopic (exact) mass is 405 g/mol. The summed E-state index contributed by atoms with van der Waals surface area (Å²) in [5, 5.41) is 13.1. The van der Waals surface area contributed by atoms with Gasteiger partial charge in [0.1, 0.15) is 0 Å². The van der Waals surface area contributed by atoms with Crippen LogP contribution in [0, 0.1) is 3.57 Å². The predicted octanol–water partition coefficient (Wildman–Crippen LogP) is 4.44. The first-order valence-electron chi connectivity index (χ1n) is 7.97. The Morgan fingerprint density at radius 1 is 1.10 bits per heavy atom. The average Bonchev–Trinajstić information content (AvgIpc) is 2.49. The first-order valence-corrected chi connectivity index (χ1v) is 9.05. The lowest BCUT2D eigenvalue weighted by Gasteiger charge is -2.13. The molecule has 21 heavy (non-hydrogen) atoms. The quantitative estimate of drug-likeness (QED) is 0.399. The normalized spacial score (nSPS) is 12.3. The van der Waals surface area contributed by atoms with Crippen LogP contribution in [-0.2, 0) is 4.74 Å². The van der Waals surface area contributed by atoms with Crippen LogP contribution in [0.25, 0.3) is 0 Å². The SMILES string of the molecule is CCCCCCCCOCC(O)CNc1ccc(I)cc1. The fraction of sp³-hybridized carbons (Fsp3) is 0.647. The molecule has 0 bridgehead atoms. The largest absolute Gasteiger partial charge is 0.389 e. The minimum atomic E-state index is -0.454. The van der Waals surface area contributed by atoms with Crippen LogP contribution >= 0.6 is 22.6 Å². The molecule has 1 rings (SSSR count). The summed E-state index contributed by atoms with van der Waals surface area (Å²) in [5.41, 5.74) is 1.03. The number of hydrogen-bond acceptors (Lipinski definition) is 3. The summed E-state index contributed by atoms with van der Waals surface area (Å²) in [6, 6.07) is 8.13. The van der Waals surface area contributed by atoms with Crippen LogP contribution in [0.1, 0.15) is 45.4 Å². The molecule has 0 aliphatic rings. The highest BCUT2D eigenvalue weighted by atomic mass is 127. The average molecular weight is 405 g/mol. The third-order valence-electron chi connectivity index (χ3n) is 3.34. The summed E-state index contributed by atoms with van der Waals surface area (Å²) < 4.78 is 6.73. The molecular formula is C17H28INO2. The van der Waals surface area contributed by atoms with E-state index in [0.717, 1.165) is 18.7 Å². The maximum atomic E-state index is 9.85. The number of nitrogens with one attached hydrogen (secondary N) is 1. The number of aliphatic hydroxyl groups is 1. The van der Waals surface area contributed by atoms with E-state index in [2.05, 4.69) is 34.8 Å². The summed E-state index contributed by atoms with van der Waals surface area (Å²) in [6.45, 7) is 3.92. The van der Waals surface area contributed by atoms with Crippen molar-refractivity contribution in [3.05, 3.63) is 27.8 Å². The van der Waals surface area contributed by atoms with Crippen LogP contribution in [-0.4, -0.2) is 31.0 Å². The Bertz CT molecular complexity index is 356. The summed E-state index contributed by atoms with van der Waals surface area (Å²) in [5.74, 6) is 0. The topological polar surface area (TPSA) is 41.5 Å². The number of unbranched alkanes of at least 4 members (excludes halogenated alkanes) is 5. The Kier molecular flexibility index (Phi) is 10.9. The van der Waals surface area contributed by atoms with Gasteiger partial charge in [0, 0.05) is 22.4 Å². The molecule has 1 atom stereocenters. The Morgan fingerprint density at radius 2 is 1.76 bits per heavy atom. The Hall–Kier alpha value is -0.330. The molecule has 0 aliphatic heterocycles. The Morgan fingerprint density at radius 3 is 2.48 bits per heavy atom. The molecule has 0 aromatic heterocycles. The second-order valence-corrected chi connectivity index (χ2v) is 6.63. The molecular weight excluding hydrogens is 377 g/mol. The van der Waals surface area contributed by atoms with Gasteiger partial charge in [0.2, 0.25) is 0 Å². The summed E-state index contributed by atoms with van der Waals surface area (Å²) in [6.07, 6.45) is 7.13. The second-order valence-electron chi connectivity index (χ2n) is 5.38. The molecule has 0 amide bonds. The van der Waals surface area contributed by atoms with E-state index in [9.17, 15) is 5.11 Å². The zero-order valence-electron chi connectivity index (χ0n) is 13.0. The van der Waals surface area contributed by atoms with E-state index in [4.69, 9.17) is 4.74 Å². The number of halogens is 1. The molecule has 0 saturated carbocycles. The molecule has 0 radical (unpaired) electrons. The van der Waals surface area contributed by atoms with E-state index < -0.39 is 6.10 Å². The molecule has 120 valence electrons. The lowest BCUT2D eigenvalue weighted by molar-refractivity contribution is 0.0416. The van der Waals surface area contributed by atoms with Crippen molar-refractivity contribution in [1.82, 2.24) is 0 Å². The first kappa shape index (κ1) is 18.7. The van der Waals surface area contributed by atoms with Gasteiger partial charge in [-0.15, -0.1) is 0 Å². The molecule has 2 N–H and O–H groups in total. The minimum Gasteiger partial charge on any atom is -0.389 e. The number of benzene rings is 1. The van der Waals surface area contributed by atoms with Crippen molar-refractivity contribution in [2.24, 2.45) is 0 Å². The molecule has 0 heterocycles. The zero-order valence-corrected chi connectivity index (χ0v) is 15.1. The van der Waals surface area contributed by atoms with Gasteiger partial charge in [0.15, 0.2) is 0 Å². The Balaban J connectivity index is 1.96. The lowest BCUT2D eigenvalue weighted by Crippen LogP contribution is -2.25. The molecule has 0 aliphatic carbocycles. The van der Waals surface area contributed by atoms with Gasteiger partial charge in [-0.2, -0.15) is 0 Å². The fourth-order valence-corrected chi connectivity index (χ4v) is 2.43. The van der Waals surface area contributed by atoms with Crippen molar-refractivity contribution in [3.8, 4) is 0 Å².